The Morgan fingerprint density at radius 1 is 1.35 bits per heavy atom. The summed E-state index contributed by atoms with van der Waals surface area (Å²) in [4.78, 5) is 13.7. The number of rotatable bonds is 7. The van der Waals surface area contributed by atoms with E-state index in [2.05, 4.69) is 12.2 Å². The topological polar surface area (TPSA) is 50.8 Å². The molecule has 0 aromatic heterocycles. The second kappa shape index (κ2) is 8.47. The smallest absolute Gasteiger partial charge is 0.410 e. The molecule has 1 heterocycles. The number of carbonyl (C=O) groups is 1. The molecule has 5 heteroatoms. The van der Waals surface area contributed by atoms with E-state index in [1.165, 1.54) is 0 Å². The Morgan fingerprint density at radius 2 is 2.10 bits per heavy atom. The first-order valence-corrected chi connectivity index (χ1v) is 7.71. The number of ether oxygens (including phenoxy) is 2. The molecule has 0 aromatic rings. The van der Waals surface area contributed by atoms with Crippen molar-refractivity contribution >= 4 is 6.09 Å². The first-order valence-electron chi connectivity index (χ1n) is 7.71. The average Bonchev–Trinajstić information content (AvgIpc) is 2.80. The molecule has 0 saturated carbocycles. The summed E-state index contributed by atoms with van der Waals surface area (Å²) >= 11 is 0. The van der Waals surface area contributed by atoms with Crippen molar-refractivity contribution in [3.8, 4) is 0 Å². The van der Waals surface area contributed by atoms with Gasteiger partial charge in [0.2, 0.25) is 0 Å². The third-order valence-electron chi connectivity index (χ3n) is 3.09. The Morgan fingerprint density at radius 3 is 2.75 bits per heavy atom. The van der Waals surface area contributed by atoms with Crippen molar-refractivity contribution < 1.29 is 14.3 Å². The van der Waals surface area contributed by atoms with Crippen LogP contribution < -0.4 is 5.32 Å². The van der Waals surface area contributed by atoms with Crippen LogP contribution in [0.4, 0.5) is 4.79 Å². The highest BCUT2D eigenvalue weighted by atomic mass is 16.6. The summed E-state index contributed by atoms with van der Waals surface area (Å²) in [6.07, 6.45) is 2.88. The molecular weight excluding hydrogens is 256 g/mol. The van der Waals surface area contributed by atoms with Gasteiger partial charge in [-0.05, 0) is 46.6 Å². The maximum atomic E-state index is 11.9. The molecule has 20 heavy (non-hydrogen) atoms. The third kappa shape index (κ3) is 7.10. The van der Waals surface area contributed by atoms with Crippen molar-refractivity contribution in [2.45, 2.75) is 58.6 Å². The molecule has 0 spiro atoms. The number of nitrogens with zero attached hydrogens (tertiary/aromatic N) is 1. The van der Waals surface area contributed by atoms with E-state index in [1.807, 2.05) is 20.8 Å². The highest BCUT2D eigenvalue weighted by Crippen LogP contribution is 2.15. The zero-order chi connectivity index (χ0) is 15.0. The van der Waals surface area contributed by atoms with E-state index in [4.69, 9.17) is 9.47 Å². The Hall–Kier alpha value is -0.810. The van der Waals surface area contributed by atoms with Crippen molar-refractivity contribution in [3.63, 3.8) is 0 Å². The molecule has 1 atom stereocenters. The van der Waals surface area contributed by atoms with Crippen molar-refractivity contribution in [1.29, 1.82) is 0 Å². The van der Waals surface area contributed by atoms with Gasteiger partial charge in [0.25, 0.3) is 0 Å². The van der Waals surface area contributed by atoms with E-state index in [-0.39, 0.29) is 6.09 Å². The SMILES string of the molecule is CCCOCCCNC1CCN(C(=O)OC(C)(C)C)C1. The first-order chi connectivity index (χ1) is 9.42. The summed E-state index contributed by atoms with van der Waals surface area (Å²) in [5.41, 5.74) is -0.417. The summed E-state index contributed by atoms with van der Waals surface area (Å²) in [5.74, 6) is 0. The van der Waals surface area contributed by atoms with Gasteiger partial charge < -0.3 is 19.7 Å². The van der Waals surface area contributed by atoms with Crippen molar-refractivity contribution in [2.75, 3.05) is 32.8 Å². The minimum absolute atomic E-state index is 0.201. The van der Waals surface area contributed by atoms with Gasteiger partial charge in [-0.25, -0.2) is 4.79 Å². The first kappa shape index (κ1) is 17.2. The molecule has 0 bridgehead atoms. The molecule has 1 aliphatic heterocycles. The van der Waals surface area contributed by atoms with E-state index >= 15 is 0 Å². The largest absolute Gasteiger partial charge is 0.444 e. The van der Waals surface area contributed by atoms with Gasteiger partial charge in [0, 0.05) is 32.3 Å². The standard InChI is InChI=1S/C15H30N2O3/c1-5-10-19-11-6-8-16-13-7-9-17(12-13)14(18)20-15(2,3)4/h13,16H,5-12H2,1-4H3. The predicted molar refractivity (Wildman–Crippen MR) is 79.9 cm³/mol. The molecule has 1 N–H and O–H groups in total. The van der Waals surface area contributed by atoms with E-state index in [9.17, 15) is 4.79 Å². The molecule has 1 fully saturated rings. The lowest BCUT2D eigenvalue weighted by atomic mass is 10.2. The van der Waals surface area contributed by atoms with Crippen LogP contribution in [0.3, 0.4) is 0 Å². The number of amides is 1. The minimum Gasteiger partial charge on any atom is -0.444 e. The van der Waals surface area contributed by atoms with E-state index in [0.717, 1.165) is 52.1 Å². The van der Waals surface area contributed by atoms with E-state index in [1.54, 1.807) is 4.90 Å². The van der Waals surface area contributed by atoms with Gasteiger partial charge in [0.1, 0.15) is 5.60 Å². The van der Waals surface area contributed by atoms with E-state index in [0.29, 0.717) is 6.04 Å². The molecule has 1 rings (SSSR count). The van der Waals surface area contributed by atoms with Crippen molar-refractivity contribution in [1.82, 2.24) is 10.2 Å². The second-order valence-electron chi connectivity index (χ2n) is 6.33. The Balaban J connectivity index is 2.12. The Labute approximate surface area is 123 Å². The molecule has 1 aliphatic rings. The van der Waals surface area contributed by atoms with Crippen LogP contribution in [0.15, 0.2) is 0 Å². The van der Waals surface area contributed by atoms with Crippen LogP contribution in [0.5, 0.6) is 0 Å². The molecule has 1 unspecified atom stereocenters. The molecule has 0 aliphatic carbocycles. The maximum absolute atomic E-state index is 11.9. The molecule has 0 aromatic carbocycles. The molecule has 0 radical (unpaired) electrons. The number of nitrogens with one attached hydrogen (secondary N) is 1. The lowest BCUT2D eigenvalue weighted by Crippen LogP contribution is -2.38. The van der Waals surface area contributed by atoms with E-state index < -0.39 is 5.60 Å². The van der Waals surface area contributed by atoms with Gasteiger partial charge in [-0.1, -0.05) is 6.92 Å². The quantitative estimate of drug-likeness (QED) is 0.730. The maximum Gasteiger partial charge on any atom is 0.410 e. The van der Waals surface area contributed by atoms with Gasteiger partial charge >= 0.3 is 6.09 Å². The molecule has 5 nitrogen and oxygen atoms in total. The van der Waals surface area contributed by atoms with Crippen LogP contribution in [-0.4, -0.2) is 55.5 Å². The van der Waals surface area contributed by atoms with Crippen LogP contribution >= 0.6 is 0 Å². The fourth-order valence-electron chi connectivity index (χ4n) is 2.15. The predicted octanol–water partition coefficient (Wildman–Crippen LogP) is 2.40. The van der Waals surface area contributed by atoms with Gasteiger partial charge in [0.05, 0.1) is 0 Å². The van der Waals surface area contributed by atoms with Gasteiger partial charge in [0.15, 0.2) is 0 Å². The zero-order valence-corrected chi connectivity index (χ0v) is 13.4. The van der Waals surface area contributed by atoms with Gasteiger partial charge in [-0.2, -0.15) is 0 Å². The number of hydrogen-bond acceptors (Lipinski definition) is 4. The average molecular weight is 286 g/mol. The molecule has 118 valence electrons. The van der Waals surface area contributed by atoms with Gasteiger partial charge in [-0.15, -0.1) is 0 Å². The van der Waals surface area contributed by atoms with Crippen LogP contribution in [0.1, 0.15) is 47.0 Å². The number of carbonyl (C=O) groups excluding carboxylic acids is 1. The summed E-state index contributed by atoms with van der Waals surface area (Å²) in [6, 6.07) is 0.383. The number of likely N-dealkylation sites (tertiary alicyclic amines) is 1. The molecular formula is C15H30N2O3. The number of hydrogen-bond donors (Lipinski definition) is 1. The third-order valence-corrected chi connectivity index (χ3v) is 3.09. The lowest BCUT2D eigenvalue weighted by molar-refractivity contribution is 0.0291. The van der Waals surface area contributed by atoms with Crippen LogP contribution in [0.2, 0.25) is 0 Å². The van der Waals surface area contributed by atoms with Crippen LogP contribution in [0, 0.1) is 0 Å². The molecule has 1 amide bonds. The lowest BCUT2D eigenvalue weighted by Gasteiger charge is -2.24. The monoisotopic (exact) mass is 286 g/mol. The van der Waals surface area contributed by atoms with Gasteiger partial charge in [-0.3, -0.25) is 0 Å². The highest BCUT2D eigenvalue weighted by Gasteiger charge is 2.29. The summed E-state index contributed by atoms with van der Waals surface area (Å²) in [5, 5.41) is 3.48. The van der Waals surface area contributed by atoms with Crippen LogP contribution in [0.25, 0.3) is 0 Å². The second-order valence-corrected chi connectivity index (χ2v) is 6.33. The Bertz CT molecular complexity index is 289. The van der Waals surface area contributed by atoms with Crippen molar-refractivity contribution in [2.24, 2.45) is 0 Å². The summed E-state index contributed by atoms with van der Waals surface area (Å²) in [7, 11) is 0. The summed E-state index contributed by atoms with van der Waals surface area (Å²) < 4.78 is 10.8. The fourth-order valence-corrected chi connectivity index (χ4v) is 2.15. The minimum atomic E-state index is -0.417. The fraction of sp³-hybridized carbons (Fsp3) is 0.933. The highest BCUT2D eigenvalue weighted by molar-refractivity contribution is 5.68. The summed E-state index contributed by atoms with van der Waals surface area (Å²) in [6.45, 7) is 11.9. The van der Waals surface area contributed by atoms with Crippen LogP contribution in [-0.2, 0) is 9.47 Å². The molecule has 1 saturated heterocycles. The Kier molecular flexibility index (Phi) is 7.30. The normalized spacial score (nSPS) is 19.4. The van der Waals surface area contributed by atoms with Crippen molar-refractivity contribution in [3.05, 3.63) is 0 Å². The zero-order valence-electron chi connectivity index (χ0n) is 13.4.